The molecule has 0 unspecified atom stereocenters. The van der Waals surface area contributed by atoms with E-state index in [1.54, 1.807) is 4.90 Å². The summed E-state index contributed by atoms with van der Waals surface area (Å²) in [5.41, 5.74) is -1.67. The highest BCUT2D eigenvalue weighted by atomic mass is 19.4. The van der Waals surface area contributed by atoms with Crippen molar-refractivity contribution in [1.82, 2.24) is 9.80 Å². The van der Waals surface area contributed by atoms with Gasteiger partial charge in [-0.15, -0.1) is 0 Å². The first-order valence-electron chi connectivity index (χ1n) is 8.25. The molecule has 1 aromatic carbocycles. The van der Waals surface area contributed by atoms with Crippen molar-refractivity contribution in [2.45, 2.75) is 32.0 Å². The fourth-order valence-corrected chi connectivity index (χ4v) is 3.17. The number of hydrogen-bond donors (Lipinski definition) is 1. The van der Waals surface area contributed by atoms with Crippen molar-refractivity contribution in [1.29, 1.82) is 0 Å². The van der Waals surface area contributed by atoms with E-state index in [2.05, 4.69) is 0 Å². The molecule has 0 spiro atoms. The van der Waals surface area contributed by atoms with E-state index in [1.807, 2.05) is 6.92 Å². The Kier molecular flexibility index (Phi) is 6.22. The summed E-state index contributed by atoms with van der Waals surface area (Å²) in [6, 6.07) is 2.22. The Morgan fingerprint density at radius 3 is 2.38 bits per heavy atom. The largest absolute Gasteiger partial charge is 0.480 e. The second-order valence-electron chi connectivity index (χ2n) is 6.17. The summed E-state index contributed by atoms with van der Waals surface area (Å²) in [4.78, 5) is 26.5. The maximum Gasteiger partial charge on any atom is 0.419 e. The van der Waals surface area contributed by atoms with E-state index in [4.69, 9.17) is 5.11 Å². The predicted molar refractivity (Wildman–Crippen MR) is 85.2 cm³/mol. The van der Waals surface area contributed by atoms with Gasteiger partial charge in [0, 0.05) is 24.7 Å². The lowest BCUT2D eigenvalue weighted by Crippen LogP contribution is -2.48. The van der Waals surface area contributed by atoms with E-state index in [9.17, 15) is 27.2 Å². The Morgan fingerprint density at radius 1 is 1.27 bits per heavy atom. The van der Waals surface area contributed by atoms with Crippen LogP contribution < -0.4 is 0 Å². The lowest BCUT2D eigenvalue weighted by Gasteiger charge is -2.37. The highest BCUT2D eigenvalue weighted by molar-refractivity contribution is 5.94. The Balaban J connectivity index is 2.06. The molecule has 144 valence electrons. The molecule has 26 heavy (non-hydrogen) atoms. The van der Waals surface area contributed by atoms with Gasteiger partial charge in [-0.1, -0.05) is 6.92 Å². The van der Waals surface area contributed by atoms with Crippen LogP contribution in [-0.4, -0.2) is 59.0 Å². The number of hydrogen-bond acceptors (Lipinski definition) is 3. The number of likely N-dealkylation sites (N-methyl/N-ethyl adjacent to an activating group) is 1. The van der Waals surface area contributed by atoms with Crippen molar-refractivity contribution in [2.24, 2.45) is 0 Å². The first kappa shape index (κ1) is 20.2. The van der Waals surface area contributed by atoms with Crippen LogP contribution in [0.3, 0.4) is 0 Å². The number of amides is 1. The molecule has 0 aliphatic carbocycles. The van der Waals surface area contributed by atoms with Gasteiger partial charge < -0.3 is 10.0 Å². The van der Waals surface area contributed by atoms with Crippen LogP contribution in [0.5, 0.6) is 0 Å². The highest BCUT2D eigenvalue weighted by Crippen LogP contribution is 2.32. The molecule has 1 N–H and O–H groups in total. The lowest BCUT2D eigenvalue weighted by molar-refractivity contribution is -0.140. The molecule has 1 aliphatic heterocycles. The quantitative estimate of drug-likeness (QED) is 0.803. The number of likely N-dealkylation sites (tertiary alicyclic amines) is 1. The lowest BCUT2D eigenvalue weighted by atomic mass is 10.0. The van der Waals surface area contributed by atoms with Crippen molar-refractivity contribution in [3.05, 3.63) is 35.1 Å². The van der Waals surface area contributed by atoms with Crippen molar-refractivity contribution in [2.75, 3.05) is 26.2 Å². The molecule has 1 amide bonds. The van der Waals surface area contributed by atoms with Crippen molar-refractivity contribution in [3.8, 4) is 0 Å². The predicted octanol–water partition coefficient (Wildman–Crippen LogP) is 2.86. The van der Waals surface area contributed by atoms with Crippen LogP contribution in [0, 0.1) is 5.82 Å². The summed E-state index contributed by atoms with van der Waals surface area (Å²) >= 11 is 0. The number of rotatable bonds is 5. The fourth-order valence-electron chi connectivity index (χ4n) is 3.17. The molecule has 5 nitrogen and oxygen atoms in total. The number of piperidine rings is 1. The summed E-state index contributed by atoms with van der Waals surface area (Å²) in [6.45, 7) is 2.91. The normalized spacial score (nSPS) is 16.2. The minimum Gasteiger partial charge on any atom is -0.480 e. The molecule has 0 radical (unpaired) electrons. The molecule has 0 atom stereocenters. The number of carboxylic acid groups (broad SMARTS) is 1. The van der Waals surface area contributed by atoms with Gasteiger partial charge in [0.15, 0.2) is 0 Å². The number of nitrogens with zero attached hydrogens (tertiary/aromatic N) is 2. The Labute approximate surface area is 148 Å². The Morgan fingerprint density at radius 2 is 1.88 bits per heavy atom. The number of halogens is 4. The van der Waals surface area contributed by atoms with E-state index in [1.165, 1.54) is 4.90 Å². The van der Waals surface area contributed by atoms with Crippen LogP contribution in [0.2, 0.25) is 0 Å². The molecule has 0 saturated carbocycles. The van der Waals surface area contributed by atoms with Gasteiger partial charge in [0.25, 0.3) is 5.91 Å². The van der Waals surface area contributed by atoms with Crippen LogP contribution in [0.1, 0.15) is 35.7 Å². The fraction of sp³-hybridized carbons (Fsp3) is 0.529. The number of carbonyl (C=O) groups is 2. The zero-order valence-corrected chi connectivity index (χ0v) is 14.2. The molecule has 1 fully saturated rings. The van der Waals surface area contributed by atoms with Crippen LogP contribution in [0.25, 0.3) is 0 Å². The van der Waals surface area contributed by atoms with E-state index in [-0.39, 0.29) is 18.2 Å². The standard InChI is InChI=1S/C17H20F4N2O3/c1-2-22(10-15(24)25)12-5-7-23(8-6-12)16(26)11-3-4-14(18)13(9-11)17(19,20)21/h3-4,9,12H,2,5-8,10H2,1H3,(H,24,25). The molecule has 1 aromatic rings. The SMILES string of the molecule is CCN(CC(=O)O)C1CCN(C(=O)c2ccc(F)c(C(F)(F)F)c2)CC1. The third kappa shape index (κ3) is 4.72. The van der Waals surface area contributed by atoms with Crippen LogP contribution in [-0.2, 0) is 11.0 Å². The average Bonchev–Trinajstić information content (AvgIpc) is 2.58. The summed E-state index contributed by atoms with van der Waals surface area (Å²) in [5, 5.41) is 8.92. The molecular formula is C17H20F4N2O3. The minimum atomic E-state index is -4.87. The molecule has 9 heteroatoms. The number of benzene rings is 1. The van der Waals surface area contributed by atoms with Gasteiger partial charge in [0.05, 0.1) is 12.1 Å². The van der Waals surface area contributed by atoms with E-state index in [0.717, 1.165) is 6.07 Å². The number of aliphatic carboxylic acids is 1. The van der Waals surface area contributed by atoms with Crippen molar-refractivity contribution >= 4 is 11.9 Å². The summed E-state index contributed by atoms with van der Waals surface area (Å²) in [7, 11) is 0. The minimum absolute atomic E-state index is 0.000830. The Hall–Kier alpha value is -2.16. The second-order valence-corrected chi connectivity index (χ2v) is 6.17. The third-order valence-electron chi connectivity index (χ3n) is 4.53. The molecule has 1 aliphatic rings. The second kappa shape index (κ2) is 8.03. The highest BCUT2D eigenvalue weighted by Gasteiger charge is 2.35. The topological polar surface area (TPSA) is 60.9 Å². The first-order valence-corrected chi connectivity index (χ1v) is 8.25. The average molecular weight is 376 g/mol. The van der Waals surface area contributed by atoms with E-state index < -0.39 is 29.4 Å². The van der Waals surface area contributed by atoms with Gasteiger partial charge in [0.1, 0.15) is 5.82 Å². The molecule has 1 heterocycles. The molecule has 0 aromatic heterocycles. The smallest absolute Gasteiger partial charge is 0.419 e. The van der Waals surface area contributed by atoms with Gasteiger partial charge in [-0.3, -0.25) is 14.5 Å². The van der Waals surface area contributed by atoms with Crippen LogP contribution >= 0.6 is 0 Å². The maximum atomic E-state index is 13.4. The summed E-state index contributed by atoms with van der Waals surface area (Å²) in [6.07, 6.45) is -3.81. The summed E-state index contributed by atoms with van der Waals surface area (Å²) in [5.74, 6) is -2.94. The van der Waals surface area contributed by atoms with E-state index >= 15 is 0 Å². The number of carbonyl (C=O) groups excluding carboxylic acids is 1. The van der Waals surface area contributed by atoms with Gasteiger partial charge >= 0.3 is 12.1 Å². The number of alkyl halides is 3. The van der Waals surface area contributed by atoms with Crippen LogP contribution in [0.4, 0.5) is 17.6 Å². The van der Waals surface area contributed by atoms with Crippen molar-refractivity contribution < 1.29 is 32.3 Å². The van der Waals surface area contributed by atoms with Gasteiger partial charge in [-0.2, -0.15) is 13.2 Å². The zero-order valence-electron chi connectivity index (χ0n) is 14.2. The molecule has 0 bridgehead atoms. The Bertz CT molecular complexity index is 670. The zero-order chi connectivity index (χ0) is 19.5. The number of carboxylic acids is 1. The van der Waals surface area contributed by atoms with Crippen LogP contribution in [0.15, 0.2) is 18.2 Å². The first-order chi connectivity index (χ1) is 12.1. The molecule has 2 rings (SSSR count). The van der Waals surface area contributed by atoms with Crippen molar-refractivity contribution in [3.63, 3.8) is 0 Å². The summed E-state index contributed by atoms with van der Waals surface area (Å²) < 4.78 is 51.8. The maximum absolute atomic E-state index is 13.4. The molecular weight excluding hydrogens is 356 g/mol. The van der Waals surface area contributed by atoms with Gasteiger partial charge in [0.2, 0.25) is 0 Å². The molecule has 1 saturated heterocycles. The monoisotopic (exact) mass is 376 g/mol. The van der Waals surface area contributed by atoms with E-state index in [0.29, 0.717) is 44.6 Å². The van der Waals surface area contributed by atoms with Gasteiger partial charge in [-0.05, 0) is 37.6 Å². The van der Waals surface area contributed by atoms with Gasteiger partial charge in [-0.25, -0.2) is 4.39 Å². The third-order valence-corrected chi connectivity index (χ3v) is 4.53.